The Morgan fingerprint density at radius 1 is 0.605 bits per heavy atom. The summed E-state index contributed by atoms with van der Waals surface area (Å²) in [5.41, 5.74) is 14.4. The summed E-state index contributed by atoms with van der Waals surface area (Å²) < 4.78 is 0.177. The van der Waals surface area contributed by atoms with Crippen molar-refractivity contribution < 1.29 is 15.6 Å². The van der Waals surface area contributed by atoms with E-state index < -0.39 is 21.5 Å². The van der Waals surface area contributed by atoms with Gasteiger partial charge >= 0.3 is 267 Å². The van der Waals surface area contributed by atoms with Crippen LogP contribution in [0.2, 0.25) is 13.1 Å². The van der Waals surface area contributed by atoms with Crippen molar-refractivity contribution in [3.63, 3.8) is 0 Å². The molecule has 2 atom stereocenters. The molecule has 0 saturated carbocycles. The van der Waals surface area contributed by atoms with E-state index >= 15 is 0 Å². The molecule has 4 heteroatoms. The van der Waals surface area contributed by atoms with Gasteiger partial charge in [0.15, 0.2) is 0 Å². The zero-order chi connectivity index (χ0) is 30.1. The summed E-state index contributed by atoms with van der Waals surface area (Å²) in [6.45, 7) is 11.7. The SMILES string of the molecule is CC1=Cc2c(-c3cccc4ccccc34)cccc2[CH]1[Zr]([Cl])([Cl])([CH]1C(C)=C(C)c2c(-c3ccccc3)cccc21)[SiH](C)C. The molecule has 43 heavy (non-hydrogen) atoms. The molecule has 7 rings (SSSR count). The van der Waals surface area contributed by atoms with Crippen molar-refractivity contribution in [1.82, 2.24) is 0 Å². The van der Waals surface area contributed by atoms with Crippen molar-refractivity contribution in [3.8, 4) is 22.3 Å². The van der Waals surface area contributed by atoms with Crippen molar-refractivity contribution in [2.24, 2.45) is 0 Å². The van der Waals surface area contributed by atoms with Crippen LogP contribution < -0.4 is 0 Å². The van der Waals surface area contributed by atoms with Crippen LogP contribution in [0, 0.1) is 0 Å². The van der Waals surface area contributed by atoms with Gasteiger partial charge in [0.2, 0.25) is 0 Å². The minimum absolute atomic E-state index is 0.0837. The Labute approximate surface area is 264 Å². The molecule has 5 aromatic rings. The first-order chi connectivity index (χ1) is 20.6. The van der Waals surface area contributed by atoms with Gasteiger partial charge in [0.1, 0.15) is 0 Å². The van der Waals surface area contributed by atoms with Gasteiger partial charge in [-0.15, -0.1) is 0 Å². The van der Waals surface area contributed by atoms with Crippen molar-refractivity contribution in [2.75, 3.05) is 0 Å². The molecule has 5 aromatic carbocycles. The number of allylic oxidation sites excluding steroid dienone is 3. The molecule has 2 unspecified atom stereocenters. The van der Waals surface area contributed by atoms with Crippen LogP contribution in [0.3, 0.4) is 0 Å². The molecule has 0 radical (unpaired) electrons. The van der Waals surface area contributed by atoms with Gasteiger partial charge in [-0.1, -0.05) is 0 Å². The number of rotatable bonds is 5. The Morgan fingerprint density at radius 3 is 1.95 bits per heavy atom. The third kappa shape index (κ3) is 4.24. The number of hydrogen-bond donors (Lipinski definition) is 0. The van der Waals surface area contributed by atoms with Crippen molar-refractivity contribution in [2.45, 2.75) is 41.1 Å². The van der Waals surface area contributed by atoms with Gasteiger partial charge in [-0.25, -0.2) is 0 Å². The molecular weight excluding hydrogens is 659 g/mol. The second-order valence-corrected chi connectivity index (χ2v) is 55.4. The van der Waals surface area contributed by atoms with Gasteiger partial charge in [0, 0.05) is 0 Å². The number of fused-ring (bicyclic) bond motifs is 3. The summed E-state index contributed by atoms with van der Waals surface area (Å²) in [5.74, 6) is -1.60. The van der Waals surface area contributed by atoms with E-state index in [1.165, 1.54) is 72.0 Å². The van der Waals surface area contributed by atoms with Gasteiger partial charge < -0.3 is 0 Å². The summed E-state index contributed by atoms with van der Waals surface area (Å²) in [7, 11) is 17.0. The summed E-state index contributed by atoms with van der Waals surface area (Å²) in [4.78, 5) is 0. The van der Waals surface area contributed by atoms with Crippen LogP contribution in [-0.2, 0) is 15.6 Å². The topological polar surface area (TPSA) is 0 Å². The van der Waals surface area contributed by atoms with Crippen LogP contribution in [0.25, 0.3) is 44.7 Å². The quantitative estimate of drug-likeness (QED) is 0.161. The van der Waals surface area contributed by atoms with Crippen LogP contribution in [0.15, 0.2) is 120 Å². The predicted octanol–water partition coefficient (Wildman–Crippen LogP) is 12.2. The molecule has 0 aromatic heterocycles. The van der Waals surface area contributed by atoms with E-state index in [1.807, 2.05) is 0 Å². The Morgan fingerprint density at radius 2 is 1.21 bits per heavy atom. The molecule has 0 nitrogen and oxygen atoms in total. The molecule has 0 heterocycles. The molecule has 0 saturated heterocycles. The van der Waals surface area contributed by atoms with E-state index in [1.54, 1.807) is 0 Å². The fourth-order valence-corrected chi connectivity index (χ4v) is 41.2. The Kier molecular flexibility index (Phi) is 7.18. The number of benzene rings is 5. The molecule has 2 aliphatic carbocycles. The molecule has 2 aliphatic rings. The van der Waals surface area contributed by atoms with Gasteiger partial charge in [-0.3, -0.25) is 0 Å². The zero-order valence-electron chi connectivity index (χ0n) is 25.5. The maximum atomic E-state index is 8.51. The summed E-state index contributed by atoms with van der Waals surface area (Å²) in [5, 5.41) is 2.54. The minimum atomic E-state index is -4.75. The van der Waals surface area contributed by atoms with E-state index in [9.17, 15) is 0 Å². The van der Waals surface area contributed by atoms with E-state index in [-0.39, 0.29) is 7.25 Å². The Balaban J connectivity index is 1.45. The molecular formula is C39H37Cl2SiZr. The molecule has 0 spiro atoms. The second kappa shape index (κ2) is 10.6. The van der Waals surface area contributed by atoms with Crippen LogP contribution in [0.5, 0.6) is 0 Å². The summed E-state index contributed by atoms with van der Waals surface area (Å²) >= 11 is -4.75. The fraction of sp³-hybridized carbons (Fsp3) is 0.179. The molecule has 0 amide bonds. The first-order valence-corrected chi connectivity index (χ1v) is 31.7. The maximum absolute atomic E-state index is 8.51. The van der Waals surface area contributed by atoms with Crippen LogP contribution in [0.1, 0.15) is 50.3 Å². The Hall–Kier alpha value is -2.48. The normalized spacial score (nSPS) is 18.9. The van der Waals surface area contributed by atoms with Gasteiger partial charge in [0.05, 0.1) is 0 Å². The average molecular weight is 696 g/mol. The van der Waals surface area contributed by atoms with Crippen molar-refractivity contribution >= 4 is 45.4 Å². The number of halogens is 2. The first kappa shape index (κ1) is 29.2. The van der Waals surface area contributed by atoms with E-state index in [0.717, 1.165) is 0 Å². The molecule has 0 bridgehead atoms. The van der Waals surface area contributed by atoms with Gasteiger partial charge in [-0.2, -0.15) is 0 Å². The zero-order valence-corrected chi connectivity index (χ0v) is 30.6. The van der Waals surface area contributed by atoms with Gasteiger partial charge in [0.25, 0.3) is 0 Å². The summed E-state index contributed by atoms with van der Waals surface area (Å²) in [6, 6.07) is 39.7. The third-order valence-corrected chi connectivity index (χ3v) is 62.7. The van der Waals surface area contributed by atoms with Crippen LogP contribution in [-0.4, -0.2) is 5.92 Å². The number of hydrogen-bond acceptors (Lipinski definition) is 0. The van der Waals surface area contributed by atoms with E-state index in [4.69, 9.17) is 17.0 Å². The first-order valence-electron chi connectivity index (χ1n) is 15.4. The fourth-order valence-electron chi connectivity index (χ4n) is 8.26. The molecule has 215 valence electrons. The average Bonchev–Trinajstić information content (AvgIpc) is 3.50. The van der Waals surface area contributed by atoms with E-state index in [2.05, 4.69) is 149 Å². The predicted molar refractivity (Wildman–Crippen MR) is 189 cm³/mol. The van der Waals surface area contributed by atoms with Gasteiger partial charge in [-0.05, 0) is 0 Å². The monoisotopic (exact) mass is 693 g/mol. The molecule has 0 aliphatic heterocycles. The van der Waals surface area contributed by atoms with Crippen LogP contribution in [0.4, 0.5) is 0 Å². The summed E-state index contributed by atoms with van der Waals surface area (Å²) in [6.07, 6.45) is 2.41. The van der Waals surface area contributed by atoms with Crippen molar-refractivity contribution in [3.05, 3.63) is 143 Å². The third-order valence-electron chi connectivity index (χ3n) is 10.5. The second-order valence-electron chi connectivity index (χ2n) is 12.9. The standard InChI is InChI=1S/C20H15.C17H15.C2H7Si.2ClH.Zr/c1-14-12-16-8-5-11-19(20(16)13-14)18-10-4-7-15-6-2-3-9-17(15)18;1-12-11-15-9-6-10-16(17(15)13(12)2)14-7-4-3-5-8-14;1-3-2;;;/h2-13H,1H3;3-11H,1-2H3;3H,1-2H3;2*1H;/q;;;;;+2/p-2. The molecule has 0 fully saturated rings. The Bertz CT molecular complexity index is 1980. The van der Waals surface area contributed by atoms with Crippen LogP contribution >= 0.6 is 17.0 Å². The van der Waals surface area contributed by atoms with Crippen molar-refractivity contribution in [1.29, 1.82) is 0 Å². The molecule has 0 N–H and O–H groups in total. The van der Waals surface area contributed by atoms with E-state index in [0.29, 0.717) is 0 Å².